The SMILES string of the molecule is CCN1CCN(CC=Cc2ccccc2)CC1. The molecular weight excluding hydrogens is 208 g/mol. The number of hydrogen-bond acceptors (Lipinski definition) is 2. The average molecular weight is 230 g/mol. The highest BCUT2D eigenvalue weighted by Crippen LogP contribution is 2.04. The number of likely N-dealkylation sites (N-methyl/N-ethyl adjacent to an activating group) is 1. The van der Waals surface area contributed by atoms with Gasteiger partial charge in [-0.05, 0) is 12.1 Å². The lowest BCUT2D eigenvalue weighted by molar-refractivity contribution is 0.148. The zero-order valence-electron chi connectivity index (χ0n) is 10.7. The van der Waals surface area contributed by atoms with Gasteiger partial charge in [-0.15, -0.1) is 0 Å². The summed E-state index contributed by atoms with van der Waals surface area (Å²) in [5.41, 5.74) is 1.29. The van der Waals surface area contributed by atoms with Crippen molar-refractivity contribution in [3.63, 3.8) is 0 Å². The van der Waals surface area contributed by atoms with Crippen LogP contribution in [-0.4, -0.2) is 49.1 Å². The van der Waals surface area contributed by atoms with Crippen LogP contribution < -0.4 is 0 Å². The summed E-state index contributed by atoms with van der Waals surface area (Å²) in [5, 5.41) is 0. The second-order valence-electron chi connectivity index (χ2n) is 4.55. The molecule has 92 valence electrons. The Balaban J connectivity index is 1.74. The Morgan fingerprint density at radius 2 is 1.65 bits per heavy atom. The van der Waals surface area contributed by atoms with Gasteiger partial charge in [0.05, 0.1) is 0 Å². The normalized spacial score (nSPS) is 18.9. The fourth-order valence-electron chi connectivity index (χ4n) is 2.19. The van der Waals surface area contributed by atoms with Gasteiger partial charge in [0.2, 0.25) is 0 Å². The molecule has 1 fully saturated rings. The molecule has 0 unspecified atom stereocenters. The third-order valence-corrected chi connectivity index (χ3v) is 3.39. The van der Waals surface area contributed by atoms with E-state index in [-0.39, 0.29) is 0 Å². The molecule has 0 spiro atoms. The van der Waals surface area contributed by atoms with E-state index in [4.69, 9.17) is 0 Å². The predicted octanol–water partition coefficient (Wildman–Crippen LogP) is 2.34. The van der Waals surface area contributed by atoms with Crippen LogP contribution >= 0.6 is 0 Å². The number of hydrogen-bond donors (Lipinski definition) is 0. The van der Waals surface area contributed by atoms with Crippen molar-refractivity contribution in [2.75, 3.05) is 39.3 Å². The summed E-state index contributed by atoms with van der Waals surface area (Å²) < 4.78 is 0. The van der Waals surface area contributed by atoms with Crippen molar-refractivity contribution in [3.8, 4) is 0 Å². The maximum atomic E-state index is 2.52. The summed E-state index contributed by atoms with van der Waals surface area (Å²) >= 11 is 0. The molecule has 17 heavy (non-hydrogen) atoms. The van der Waals surface area contributed by atoms with Gasteiger partial charge in [0.1, 0.15) is 0 Å². The maximum absolute atomic E-state index is 2.52. The van der Waals surface area contributed by atoms with Crippen LogP contribution in [0.25, 0.3) is 6.08 Å². The molecule has 0 saturated carbocycles. The standard InChI is InChI=1S/C15H22N2/c1-2-16-11-13-17(14-12-16)10-6-9-15-7-4-3-5-8-15/h3-9H,2,10-14H2,1H3. The Morgan fingerprint density at radius 3 is 2.29 bits per heavy atom. The topological polar surface area (TPSA) is 6.48 Å². The number of rotatable bonds is 4. The van der Waals surface area contributed by atoms with Crippen LogP contribution in [0.1, 0.15) is 12.5 Å². The van der Waals surface area contributed by atoms with Crippen LogP contribution in [0, 0.1) is 0 Å². The molecule has 1 aromatic rings. The molecule has 2 nitrogen and oxygen atoms in total. The molecule has 0 radical (unpaired) electrons. The first-order valence-corrected chi connectivity index (χ1v) is 6.55. The Morgan fingerprint density at radius 1 is 1.00 bits per heavy atom. The van der Waals surface area contributed by atoms with E-state index in [1.165, 1.54) is 38.3 Å². The molecule has 2 rings (SSSR count). The molecule has 0 aliphatic carbocycles. The summed E-state index contributed by atoms with van der Waals surface area (Å²) in [6.45, 7) is 9.34. The van der Waals surface area contributed by atoms with E-state index in [0.29, 0.717) is 0 Å². The summed E-state index contributed by atoms with van der Waals surface area (Å²) in [4.78, 5) is 5.03. The molecular formula is C15H22N2. The Bertz CT molecular complexity index is 337. The van der Waals surface area contributed by atoms with Crippen LogP contribution in [0.2, 0.25) is 0 Å². The number of benzene rings is 1. The van der Waals surface area contributed by atoms with Crippen molar-refractivity contribution in [2.24, 2.45) is 0 Å². The van der Waals surface area contributed by atoms with E-state index in [1.54, 1.807) is 0 Å². The van der Waals surface area contributed by atoms with E-state index in [2.05, 4.69) is 59.2 Å². The van der Waals surface area contributed by atoms with Gasteiger partial charge in [0, 0.05) is 32.7 Å². The van der Waals surface area contributed by atoms with Crippen LogP contribution in [0.15, 0.2) is 36.4 Å². The van der Waals surface area contributed by atoms with E-state index in [1.807, 2.05) is 0 Å². The lowest BCUT2D eigenvalue weighted by Crippen LogP contribution is -2.45. The Hall–Kier alpha value is -1.12. The quantitative estimate of drug-likeness (QED) is 0.783. The maximum Gasteiger partial charge on any atom is 0.0167 e. The molecule has 0 aromatic heterocycles. The minimum Gasteiger partial charge on any atom is -0.301 e. The lowest BCUT2D eigenvalue weighted by atomic mass is 10.2. The van der Waals surface area contributed by atoms with Crippen molar-refractivity contribution in [2.45, 2.75) is 6.92 Å². The lowest BCUT2D eigenvalue weighted by Gasteiger charge is -2.33. The molecule has 1 aromatic carbocycles. The van der Waals surface area contributed by atoms with E-state index < -0.39 is 0 Å². The van der Waals surface area contributed by atoms with Crippen LogP contribution in [0.5, 0.6) is 0 Å². The molecule has 1 aliphatic heterocycles. The van der Waals surface area contributed by atoms with Gasteiger partial charge in [-0.2, -0.15) is 0 Å². The zero-order valence-corrected chi connectivity index (χ0v) is 10.7. The van der Waals surface area contributed by atoms with E-state index in [0.717, 1.165) is 6.54 Å². The molecule has 0 amide bonds. The zero-order chi connectivity index (χ0) is 11.9. The molecule has 2 heteroatoms. The van der Waals surface area contributed by atoms with Crippen LogP contribution in [-0.2, 0) is 0 Å². The average Bonchev–Trinajstić information content (AvgIpc) is 2.41. The second-order valence-corrected chi connectivity index (χ2v) is 4.55. The highest BCUT2D eigenvalue weighted by molar-refractivity contribution is 5.48. The van der Waals surface area contributed by atoms with Gasteiger partial charge in [-0.1, -0.05) is 49.4 Å². The van der Waals surface area contributed by atoms with Crippen molar-refractivity contribution < 1.29 is 0 Å². The van der Waals surface area contributed by atoms with Gasteiger partial charge in [0.15, 0.2) is 0 Å². The fourth-order valence-corrected chi connectivity index (χ4v) is 2.19. The second kappa shape index (κ2) is 6.58. The highest BCUT2D eigenvalue weighted by Gasteiger charge is 2.13. The first-order valence-electron chi connectivity index (χ1n) is 6.55. The highest BCUT2D eigenvalue weighted by atomic mass is 15.2. The summed E-state index contributed by atoms with van der Waals surface area (Å²) in [6, 6.07) is 10.5. The fraction of sp³-hybridized carbons (Fsp3) is 0.467. The Kier molecular flexibility index (Phi) is 4.77. The smallest absolute Gasteiger partial charge is 0.0167 e. The van der Waals surface area contributed by atoms with Crippen molar-refractivity contribution in [1.82, 2.24) is 9.80 Å². The summed E-state index contributed by atoms with van der Waals surface area (Å²) in [5.74, 6) is 0. The summed E-state index contributed by atoms with van der Waals surface area (Å²) in [7, 11) is 0. The number of nitrogens with zero attached hydrogens (tertiary/aromatic N) is 2. The van der Waals surface area contributed by atoms with E-state index >= 15 is 0 Å². The van der Waals surface area contributed by atoms with E-state index in [9.17, 15) is 0 Å². The van der Waals surface area contributed by atoms with Crippen molar-refractivity contribution in [3.05, 3.63) is 42.0 Å². The molecule has 1 saturated heterocycles. The van der Waals surface area contributed by atoms with Crippen LogP contribution in [0.3, 0.4) is 0 Å². The number of piperazine rings is 1. The minimum atomic E-state index is 1.08. The molecule has 0 N–H and O–H groups in total. The third-order valence-electron chi connectivity index (χ3n) is 3.39. The third kappa shape index (κ3) is 3.99. The van der Waals surface area contributed by atoms with Gasteiger partial charge in [-0.3, -0.25) is 4.90 Å². The first kappa shape index (κ1) is 12.3. The van der Waals surface area contributed by atoms with Gasteiger partial charge in [-0.25, -0.2) is 0 Å². The van der Waals surface area contributed by atoms with Crippen molar-refractivity contribution >= 4 is 6.08 Å². The van der Waals surface area contributed by atoms with Gasteiger partial charge < -0.3 is 4.90 Å². The summed E-state index contributed by atoms with van der Waals surface area (Å²) in [6.07, 6.45) is 4.49. The predicted molar refractivity (Wildman–Crippen MR) is 74.0 cm³/mol. The monoisotopic (exact) mass is 230 g/mol. The van der Waals surface area contributed by atoms with Gasteiger partial charge >= 0.3 is 0 Å². The Labute approximate surface area is 105 Å². The molecule has 1 heterocycles. The largest absolute Gasteiger partial charge is 0.301 e. The van der Waals surface area contributed by atoms with Crippen molar-refractivity contribution in [1.29, 1.82) is 0 Å². The minimum absolute atomic E-state index is 1.08. The molecule has 0 bridgehead atoms. The van der Waals surface area contributed by atoms with Gasteiger partial charge in [0.25, 0.3) is 0 Å². The molecule has 1 aliphatic rings. The first-order chi connectivity index (χ1) is 8.38. The van der Waals surface area contributed by atoms with Crippen LogP contribution in [0.4, 0.5) is 0 Å². The molecule has 0 atom stereocenters.